The maximum atomic E-state index is 12.2. The summed E-state index contributed by atoms with van der Waals surface area (Å²) in [6.07, 6.45) is -6.12. The second-order valence-corrected chi connectivity index (χ2v) is 5.00. The maximum absolute atomic E-state index is 12.2. The minimum Gasteiger partial charge on any atom is -0.493 e. The Bertz CT molecular complexity index is 546. The fourth-order valence-corrected chi connectivity index (χ4v) is 1.83. The Kier molecular flexibility index (Phi) is 6.87. The minimum absolute atomic E-state index is 0.118. The Morgan fingerprint density at radius 1 is 1.30 bits per heavy atom. The van der Waals surface area contributed by atoms with Crippen molar-refractivity contribution in [1.29, 1.82) is 0 Å². The van der Waals surface area contributed by atoms with Crippen molar-refractivity contribution in [3.05, 3.63) is 29.8 Å². The molecule has 0 aromatic heterocycles. The van der Waals surface area contributed by atoms with Crippen LogP contribution in [0.25, 0.3) is 0 Å². The summed E-state index contributed by atoms with van der Waals surface area (Å²) in [4.78, 5) is 22.3. The molecule has 1 atom stereocenters. The van der Waals surface area contributed by atoms with Gasteiger partial charge in [-0.15, -0.1) is 0 Å². The first kappa shape index (κ1) is 18.8. The molecule has 5 nitrogen and oxygen atoms in total. The van der Waals surface area contributed by atoms with E-state index in [1.807, 2.05) is 24.4 Å². The molecule has 0 spiro atoms. The smallest absolute Gasteiger partial charge is 0.391 e. The zero-order valence-electron chi connectivity index (χ0n) is 12.5. The summed E-state index contributed by atoms with van der Waals surface area (Å²) in [7, 11) is 0. The van der Waals surface area contributed by atoms with E-state index in [0.717, 1.165) is 5.56 Å². The number of para-hydroxylation sites is 1. The van der Waals surface area contributed by atoms with Gasteiger partial charge in [-0.3, -0.25) is 4.79 Å². The predicted octanol–water partition coefficient (Wildman–Crippen LogP) is 2.68. The summed E-state index contributed by atoms with van der Waals surface area (Å²) in [6.45, 7) is 2.06. The van der Waals surface area contributed by atoms with E-state index in [9.17, 15) is 22.8 Å². The van der Waals surface area contributed by atoms with Gasteiger partial charge in [-0.05, 0) is 25.0 Å². The summed E-state index contributed by atoms with van der Waals surface area (Å²) < 4.78 is 42.1. The molecule has 8 heteroatoms. The number of benzene rings is 1. The molecule has 0 aliphatic rings. The number of hydrogen-bond acceptors (Lipinski definition) is 3. The Hall–Kier alpha value is -2.25. The van der Waals surface area contributed by atoms with Crippen molar-refractivity contribution in [2.45, 2.75) is 38.4 Å². The van der Waals surface area contributed by atoms with Gasteiger partial charge in [0.15, 0.2) is 0 Å². The average molecular weight is 333 g/mol. The van der Waals surface area contributed by atoms with Crippen molar-refractivity contribution >= 4 is 11.9 Å². The number of carboxylic acid groups (broad SMARTS) is 1. The third-order valence-corrected chi connectivity index (χ3v) is 2.97. The number of ether oxygens (including phenoxy) is 1. The highest BCUT2D eigenvalue weighted by molar-refractivity contribution is 5.83. The van der Waals surface area contributed by atoms with Crippen molar-refractivity contribution in [3.63, 3.8) is 0 Å². The maximum Gasteiger partial charge on any atom is 0.391 e. The zero-order valence-corrected chi connectivity index (χ0v) is 12.5. The lowest BCUT2D eigenvalue weighted by Gasteiger charge is -2.16. The summed E-state index contributed by atoms with van der Waals surface area (Å²) in [6, 6.07) is 5.29. The van der Waals surface area contributed by atoms with Crippen LogP contribution in [0.5, 0.6) is 5.75 Å². The molecule has 1 unspecified atom stereocenters. The number of nitrogens with one attached hydrogen (secondary N) is 1. The van der Waals surface area contributed by atoms with Crippen LogP contribution in [0.1, 0.15) is 24.8 Å². The summed E-state index contributed by atoms with van der Waals surface area (Å²) in [5.41, 5.74) is 0.924. The van der Waals surface area contributed by atoms with Gasteiger partial charge in [0, 0.05) is 6.42 Å². The van der Waals surface area contributed by atoms with Crippen molar-refractivity contribution in [2.24, 2.45) is 0 Å². The van der Waals surface area contributed by atoms with Crippen molar-refractivity contribution in [3.8, 4) is 5.75 Å². The van der Waals surface area contributed by atoms with Crippen LogP contribution in [0.2, 0.25) is 0 Å². The van der Waals surface area contributed by atoms with E-state index in [1.165, 1.54) is 0 Å². The highest BCUT2D eigenvalue weighted by Gasteiger charge is 2.36. The zero-order chi connectivity index (χ0) is 17.5. The van der Waals surface area contributed by atoms with Crippen LogP contribution in [-0.4, -0.2) is 35.8 Å². The number of alkyl halides is 3. The van der Waals surface area contributed by atoms with E-state index in [2.05, 4.69) is 0 Å². The van der Waals surface area contributed by atoms with Crippen LogP contribution in [0.4, 0.5) is 13.2 Å². The number of hydrogen-bond donors (Lipinski definition) is 2. The van der Waals surface area contributed by atoms with Crippen molar-refractivity contribution in [1.82, 2.24) is 5.32 Å². The molecule has 0 aliphatic heterocycles. The number of halogens is 3. The largest absolute Gasteiger partial charge is 0.493 e. The van der Waals surface area contributed by atoms with E-state index in [0.29, 0.717) is 5.75 Å². The van der Waals surface area contributed by atoms with Crippen LogP contribution < -0.4 is 10.1 Å². The fraction of sp³-hybridized carbons (Fsp3) is 0.467. The lowest BCUT2D eigenvalue weighted by Crippen LogP contribution is -2.43. The van der Waals surface area contributed by atoms with E-state index in [1.54, 1.807) is 12.1 Å². The van der Waals surface area contributed by atoms with Gasteiger partial charge in [0.25, 0.3) is 0 Å². The van der Waals surface area contributed by atoms with Gasteiger partial charge in [0.05, 0.1) is 13.0 Å². The van der Waals surface area contributed by atoms with Crippen LogP contribution in [0.15, 0.2) is 24.3 Å². The molecule has 1 aromatic carbocycles. The molecule has 0 radical (unpaired) electrons. The van der Waals surface area contributed by atoms with E-state index < -0.39 is 30.5 Å². The highest BCUT2D eigenvalue weighted by Crippen LogP contribution is 2.21. The highest BCUT2D eigenvalue weighted by atomic mass is 19.4. The van der Waals surface area contributed by atoms with E-state index in [4.69, 9.17) is 9.84 Å². The molecular weight excluding hydrogens is 315 g/mol. The quantitative estimate of drug-likeness (QED) is 0.717. The van der Waals surface area contributed by atoms with Gasteiger partial charge >= 0.3 is 12.1 Å². The fourth-order valence-electron chi connectivity index (χ4n) is 1.83. The molecule has 1 rings (SSSR count). The van der Waals surface area contributed by atoms with Gasteiger partial charge in [-0.1, -0.05) is 18.2 Å². The summed E-state index contributed by atoms with van der Waals surface area (Å²) in [5.74, 6) is -1.81. The molecule has 1 aromatic rings. The van der Waals surface area contributed by atoms with E-state index >= 15 is 0 Å². The van der Waals surface area contributed by atoms with Crippen molar-refractivity contribution in [2.75, 3.05) is 6.61 Å². The molecule has 0 fully saturated rings. The van der Waals surface area contributed by atoms with Gasteiger partial charge in [-0.25, -0.2) is 4.79 Å². The number of carbonyl (C=O) groups is 2. The SMILES string of the molecule is Cc1ccccc1OCCCC(=O)NC(CC(F)(F)F)C(=O)O. The van der Waals surface area contributed by atoms with Gasteiger partial charge in [0.1, 0.15) is 11.8 Å². The van der Waals surface area contributed by atoms with Gasteiger partial charge in [-0.2, -0.15) is 13.2 Å². The second-order valence-electron chi connectivity index (χ2n) is 5.00. The van der Waals surface area contributed by atoms with Crippen LogP contribution in [-0.2, 0) is 9.59 Å². The van der Waals surface area contributed by atoms with E-state index in [-0.39, 0.29) is 19.4 Å². The lowest BCUT2D eigenvalue weighted by molar-refractivity contribution is -0.160. The van der Waals surface area contributed by atoms with Crippen LogP contribution in [0, 0.1) is 6.92 Å². The van der Waals surface area contributed by atoms with Crippen molar-refractivity contribution < 1.29 is 32.6 Å². The van der Waals surface area contributed by atoms with Crippen LogP contribution in [0.3, 0.4) is 0 Å². The van der Waals surface area contributed by atoms with Gasteiger partial charge in [0.2, 0.25) is 5.91 Å². The molecule has 0 heterocycles. The Morgan fingerprint density at radius 3 is 2.52 bits per heavy atom. The molecule has 0 bridgehead atoms. The summed E-state index contributed by atoms with van der Waals surface area (Å²) in [5, 5.41) is 10.6. The molecule has 1 amide bonds. The molecule has 2 N–H and O–H groups in total. The number of carboxylic acids is 1. The first-order chi connectivity index (χ1) is 10.7. The standard InChI is InChI=1S/C15H18F3NO4/c1-10-5-2-3-6-12(10)23-8-4-7-13(20)19-11(14(21)22)9-15(16,17)18/h2-3,5-6,11H,4,7-9H2,1H3,(H,19,20)(H,21,22). The third kappa shape index (κ3) is 7.53. The molecule has 23 heavy (non-hydrogen) atoms. The molecule has 0 saturated heterocycles. The Labute approximate surface area is 131 Å². The second kappa shape index (κ2) is 8.40. The number of aryl methyl sites for hydroxylation is 1. The molecular formula is C15H18F3NO4. The number of amides is 1. The van der Waals surface area contributed by atoms with Crippen LogP contribution >= 0.6 is 0 Å². The predicted molar refractivity (Wildman–Crippen MR) is 76.1 cm³/mol. The molecule has 128 valence electrons. The van der Waals surface area contributed by atoms with Gasteiger partial charge < -0.3 is 15.2 Å². The summed E-state index contributed by atoms with van der Waals surface area (Å²) >= 11 is 0. The molecule has 0 saturated carbocycles. The first-order valence-corrected chi connectivity index (χ1v) is 6.96. The Balaban J connectivity index is 2.35. The average Bonchev–Trinajstić information content (AvgIpc) is 2.43. The number of carbonyl (C=O) groups excluding carboxylic acids is 1. The first-order valence-electron chi connectivity index (χ1n) is 6.96. The number of rotatable bonds is 8. The third-order valence-electron chi connectivity index (χ3n) is 2.97. The topological polar surface area (TPSA) is 75.6 Å². The normalized spacial score (nSPS) is 12.5. The molecule has 0 aliphatic carbocycles. The number of aliphatic carboxylic acids is 1. The minimum atomic E-state index is -4.66. The lowest BCUT2D eigenvalue weighted by atomic mass is 10.2. The Morgan fingerprint density at radius 2 is 1.96 bits per heavy atom. The monoisotopic (exact) mass is 333 g/mol.